The van der Waals surface area contributed by atoms with Crippen molar-refractivity contribution >= 4 is 11.9 Å². The molecule has 0 aromatic carbocycles. The molecule has 88 valence electrons. The van der Waals surface area contributed by atoms with Crippen LogP contribution < -0.4 is 5.32 Å². The van der Waals surface area contributed by atoms with Crippen molar-refractivity contribution in [1.29, 1.82) is 0 Å². The molecule has 1 unspecified atom stereocenters. The fraction of sp³-hybridized carbons (Fsp3) is 0.800. The van der Waals surface area contributed by atoms with Crippen LogP contribution in [0.3, 0.4) is 0 Å². The molecule has 0 amide bonds. The summed E-state index contributed by atoms with van der Waals surface area (Å²) in [6.45, 7) is 5.72. The van der Waals surface area contributed by atoms with E-state index in [0.29, 0.717) is 0 Å². The summed E-state index contributed by atoms with van der Waals surface area (Å²) in [6, 6.07) is -0.564. The molecule has 0 saturated heterocycles. The van der Waals surface area contributed by atoms with E-state index in [4.69, 9.17) is 5.11 Å². The second-order valence-corrected chi connectivity index (χ2v) is 4.40. The summed E-state index contributed by atoms with van der Waals surface area (Å²) >= 11 is 0. The van der Waals surface area contributed by atoms with Crippen LogP contribution in [0.15, 0.2) is 0 Å². The molecule has 15 heavy (non-hydrogen) atoms. The molecule has 0 aliphatic rings. The number of carboxylic acids is 1. The molecule has 0 spiro atoms. The second-order valence-electron chi connectivity index (χ2n) is 4.40. The molecular formula is C10H19NO4. The molecule has 0 aliphatic heterocycles. The van der Waals surface area contributed by atoms with Crippen molar-refractivity contribution in [3.8, 4) is 0 Å². The Morgan fingerprint density at radius 1 is 1.40 bits per heavy atom. The molecule has 5 nitrogen and oxygen atoms in total. The summed E-state index contributed by atoms with van der Waals surface area (Å²) < 4.78 is 4.60. The Labute approximate surface area is 89.8 Å². The van der Waals surface area contributed by atoms with Crippen LogP contribution in [0.2, 0.25) is 0 Å². The lowest BCUT2D eigenvalue weighted by molar-refractivity contribution is -0.144. The summed E-state index contributed by atoms with van der Waals surface area (Å²) in [5, 5.41) is 11.6. The maximum absolute atomic E-state index is 11.3. The van der Waals surface area contributed by atoms with Gasteiger partial charge in [-0.3, -0.25) is 14.9 Å². The van der Waals surface area contributed by atoms with Crippen molar-refractivity contribution in [2.45, 2.75) is 45.2 Å². The molecule has 0 saturated carbocycles. The number of carboxylic acid groups (broad SMARTS) is 1. The lowest BCUT2D eigenvalue weighted by Gasteiger charge is -2.26. The molecular weight excluding hydrogens is 198 g/mol. The van der Waals surface area contributed by atoms with Crippen molar-refractivity contribution in [3.63, 3.8) is 0 Å². The van der Waals surface area contributed by atoms with Gasteiger partial charge in [0.2, 0.25) is 0 Å². The first-order valence-corrected chi connectivity index (χ1v) is 4.83. The number of aliphatic carboxylic acids is 1. The van der Waals surface area contributed by atoms with E-state index in [1.807, 2.05) is 20.8 Å². The zero-order valence-electron chi connectivity index (χ0n) is 9.66. The maximum atomic E-state index is 11.3. The lowest BCUT2D eigenvalue weighted by atomic mass is 10.0. The lowest BCUT2D eigenvalue weighted by Crippen LogP contribution is -2.48. The van der Waals surface area contributed by atoms with E-state index in [1.165, 1.54) is 7.11 Å². The summed E-state index contributed by atoms with van der Waals surface area (Å²) in [7, 11) is 1.29. The van der Waals surface area contributed by atoms with Gasteiger partial charge in [0.05, 0.1) is 7.11 Å². The number of nitrogens with one attached hydrogen (secondary N) is 1. The third kappa shape index (κ3) is 6.90. The third-order valence-electron chi connectivity index (χ3n) is 1.74. The van der Waals surface area contributed by atoms with Gasteiger partial charge in [-0.05, 0) is 27.2 Å². The van der Waals surface area contributed by atoms with Gasteiger partial charge in [-0.25, -0.2) is 0 Å². The first-order chi connectivity index (χ1) is 6.76. The van der Waals surface area contributed by atoms with Crippen LogP contribution in [0.5, 0.6) is 0 Å². The highest BCUT2D eigenvalue weighted by molar-refractivity contribution is 5.77. The van der Waals surface area contributed by atoms with E-state index in [-0.39, 0.29) is 18.4 Å². The molecule has 5 heteroatoms. The van der Waals surface area contributed by atoms with Gasteiger partial charge in [0.15, 0.2) is 0 Å². The minimum atomic E-state index is -0.917. The third-order valence-corrected chi connectivity index (χ3v) is 1.74. The number of esters is 1. The Kier molecular flexibility index (Phi) is 5.28. The summed E-state index contributed by atoms with van der Waals surface area (Å²) in [4.78, 5) is 21.7. The predicted molar refractivity (Wildman–Crippen MR) is 55.6 cm³/mol. The molecule has 2 N–H and O–H groups in total. The maximum Gasteiger partial charge on any atom is 0.322 e. The van der Waals surface area contributed by atoms with E-state index in [2.05, 4.69) is 10.1 Å². The van der Waals surface area contributed by atoms with E-state index >= 15 is 0 Å². The van der Waals surface area contributed by atoms with Crippen molar-refractivity contribution in [2.75, 3.05) is 7.11 Å². The zero-order valence-corrected chi connectivity index (χ0v) is 9.66. The highest BCUT2D eigenvalue weighted by Gasteiger charge is 2.24. The molecule has 0 bridgehead atoms. The number of hydrogen-bond acceptors (Lipinski definition) is 4. The van der Waals surface area contributed by atoms with Gasteiger partial charge in [0, 0.05) is 12.0 Å². The van der Waals surface area contributed by atoms with E-state index in [1.54, 1.807) is 0 Å². The molecule has 0 rings (SSSR count). The average Bonchev–Trinajstić information content (AvgIpc) is 2.08. The van der Waals surface area contributed by atoms with E-state index < -0.39 is 18.0 Å². The average molecular weight is 217 g/mol. The molecule has 0 fully saturated rings. The predicted octanol–water partition coefficient (Wildman–Crippen LogP) is 0.781. The van der Waals surface area contributed by atoms with E-state index in [9.17, 15) is 9.59 Å². The Bertz CT molecular complexity index is 232. The van der Waals surface area contributed by atoms with Crippen LogP contribution in [0.25, 0.3) is 0 Å². The topological polar surface area (TPSA) is 75.6 Å². The van der Waals surface area contributed by atoms with Crippen LogP contribution in [-0.4, -0.2) is 35.7 Å². The first-order valence-electron chi connectivity index (χ1n) is 4.83. The number of hydrogen-bond donors (Lipinski definition) is 2. The van der Waals surface area contributed by atoms with Crippen LogP contribution >= 0.6 is 0 Å². The number of methoxy groups -OCH3 is 1. The van der Waals surface area contributed by atoms with Crippen LogP contribution in [-0.2, 0) is 14.3 Å². The SMILES string of the molecule is COC(=O)C(CCC(=O)O)NC(C)(C)C. The number of carbonyl (C=O) groups excluding carboxylic acids is 1. The van der Waals surface area contributed by atoms with Crippen molar-refractivity contribution in [2.24, 2.45) is 0 Å². The molecule has 0 aliphatic carbocycles. The van der Waals surface area contributed by atoms with Gasteiger partial charge in [-0.15, -0.1) is 0 Å². The first kappa shape index (κ1) is 13.9. The summed E-state index contributed by atoms with van der Waals surface area (Å²) in [5.74, 6) is -1.34. The summed E-state index contributed by atoms with van der Waals surface area (Å²) in [6.07, 6.45) is 0.183. The number of ether oxygens (including phenoxy) is 1. The van der Waals surface area contributed by atoms with Crippen molar-refractivity contribution in [3.05, 3.63) is 0 Å². The minimum Gasteiger partial charge on any atom is -0.481 e. The fourth-order valence-corrected chi connectivity index (χ4v) is 1.18. The Morgan fingerprint density at radius 2 is 1.93 bits per heavy atom. The quantitative estimate of drug-likeness (QED) is 0.665. The van der Waals surface area contributed by atoms with Gasteiger partial charge in [-0.2, -0.15) is 0 Å². The van der Waals surface area contributed by atoms with Crippen LogP contribution in [0.4, 0.5) is 0 Å². The Hall–Kier alpha value is -1.10. The largest absolute Gasteiger partial charge is 0.481 e. The Morgan fingerprint density at radius 3 is 2.27 bits per heavy atom. The molecule has 0 aromatic heterocycles. The molecule has 0 radical (unpaired) electrons. The monoisotopic (exact) mass is 217 g/mol. The van der Waals surface area contributed by atoms with Crippen molar-refractivity contribution in [1.82, 2.24) is 5.32 Å². The highest BCUT2D eigenvalue weighted by atomic mass is 16.5. The number of carbonyl (C=O) groups is 2. The zero-order chi connectivity index (χ0) is 12.1. The molecule has 0 aromatic rings. The van der Waals surface area contributed by atoms with Gasteiger partial charge in [0.1, 0.15) is 6.04 Å². The van der Waals surface area contributed by atoms with Gasteiger partial charge in [0.25, 0.3) is 0 Å². The standard InChI is InChI=1S/C10H19NO4/c1-10(2,3)11-7(9(14)15-4)5-6-8(12)13/h7,11H,5-6H2,1-4H3,(H,12,13). The van der Waals surface area contributed by atoms with Gasteiger partial charge in [-0.1, -0.05) is 0 Å². The highest BCUT2D eigenvalue weighted by Crippen LogP contribution is 2.07. The summed E-state index contributed by atoms with van der Waals surface area (Å²) in [5.41, 5.74) is -0.253. The Balaban J connectivity index is 4.32. The molecule has 1 atom stereocenters. The van der Waals surface area contributed by atoms with E-state index in [0.717, 1.165) is 0 Å². The van der Waals surface area contributed by atoms with Crippen LogP contribution in [0.1, 0.15) is 33.6 Å². The normalized spacial score (nSPS) is 13.3. The minimum absolute atomic E-state index is 0.0527. The van der Waals surface area contributed by atoms with Crippen molar-refractivity contribution < 1.29 is 19.4 Å². The smallest absolute Gasteiger partial charge is 0.322 e. The number of rotatable bonds is 5. The van der Waals surface area contributed by atoms with Gasteiger partial charge >= 0.3 is 11.9 Å². The fourth-order valence-electron chi connectivity index (χ4n) is 1.18. The van der Waals surface area contributed by atoms with Gasteiger partial charge < -0.3 is 9.84 Å². The molecule has 0 heterocycles. The van der Waals surface area contributed by atoms with Crippen LogP contribution in [0, 0.1) is 0 Å². The second kappa shape index (κ2) is 5.70.